The fraction of sp³-hybridized carbons (Fsp3) is 0.667. The summed E-state index contributed by atoms with van der Waals surface area (Å²) in [6.07, 6.45) is 2.97. The molecule has 1 aromatic rings. The lowest BCUT2D eigenvalue weighted by atomic mass is 10.0. The number of ether oxygens (including phenoxy) is 4. The van der Waals surface area contributed by atoms with Crippen LogP contribution in [0.2, 0.25) is 0 Å². The number of nitrogens with zero attached hydrogens (tertiary/aromatic N) is 1. The average molecular weight is 430 g/mol. The molecule has 1 aliphatic rings. The Morgan fingerprint density at radius 2 is 2.07 bits per heavy atom. The summed E-state index contributed by atoms with van der Waals surface area (Å²) < 4.78 is 46.8. The molecule has 170 valence electrons. The predicted octanol–water partition coefficient (Wildman–Crippen LogP) is 3.19. The summed E-state index contributed by atoms with van der Waals surface area (Å²) in [5.41, 5.74) is 0.559. The zero-order chi connectivity index (χ0) is 21.6. The Kier molecular flexibility index (Phi) is 11.2. The summed E-state index contributed by atoms with van der Waals surface area (Å²) in [5.74, 6) is 1.50. The van der Waals surface area contributed by atoms with Crippen molar-refractivity contribution in [2.24, 2.45) is 10.9 Å². The third kappa shape index (κ3) is 8.71. The average Bonchev–Trinajstić information content (AvgIpc) is 2.75. The van der Waals surface area contributed by atoms with Gasteiger partial charge in [0.2, 0.25) is 0 Å². The van der Waals surface area contributed by atoms with Gasteiger partial charge in [-0.3, -0.25) is 4.99 Å². The minimum atomic E-state index is -2.93. The first-order valence-corrected chi connectivity index (χ1v) is 10.4. The van der Waals surface area contributed by atoms with Gasteiger partial charge in [0.25, 0.3) is 0 Å². The molecule has 0 spiro atoms. The fourth-order valence-corrected chi connectivity index (χ4v) is 3.14. The quantitative estimate of drug-likeness (QED) is 0.302. The standard InChI is InChI=1S/C21H33F2N3O4/c1-3-29-18-7-4-6-17(19(18)30-20(22)23)14-26-21(24-2)25-10-5-11-28-15-16-8-12-27-13-9-16/h4,6-7,16,20H,3,5,8-15H2,1-2H3,(H2,24,25,26). The number of para-hydroxylation sites is 1. The molecule has 30 heavy (non-hydrogen) atoms. The van der Waals surface area contributed by atoms with E-state index in [1.54, 1.807) is 32.2 Å². The van der Waals surface area contributed by atoms with Gasteiger partial charge >= 0.3 is 6.61 Å². The van der Waals surface area contributed by atoms with Crippen molar-refractivity contribution in [2.45, 2.75) is 39.3 Å². The second-order valence-corrected chi connectivity index (χ2v) is 6.89. The monoisotopic (exact) mass is 429 g/mol. The Morgan fingerprint density at radius 3 is 2.77 bits per heavy atom. The van der Waals surface area contributed by atoms with Gasteiger partial charge in [-0.25, -0.2) is 0 Å². The lowest BCUT2D eigenvalue weighted by Gasteiger charge is -2.21. The zero-order valence-corrected chi connectivity index (χ0v) is 17.8. The molecule has 1 saturated heterocycles. The Balaban J connectivity index is 1.73. The van der Waals surface area contributed by atoms with Crippen molar-refractivity contribution in [2.75, 3.05) is 46.6 Å². The van der Waals surface area contributed by atoms with E-state index in [9.17, 15) is 8.78 Å². The summed E-state index contributed by atoms with van der Waals surface area (Å²) >= 11 is 0. The van der Waals surface area contributed by atoms with E-state index in [1.807, 2.05) is 0 Å². The molecule has 1 fully saturated rings. The molecular weight excluding hydrogens is 396 g/mol. The predicted molar refractivity (Wildman–Crippen MR) is 111 cm³/mol. The maximum atomic E-state index is 12.8. The fourth-order valence-electron chi connectivity index (χ4n) is 3.14. The molecule has 0 saturated carbocycles. The topological polar surface area (TPSA) is 73.3 Å². The molecule has 1 heterocycles. The molecule has 0 radical (unpaired) electrons. The molecule has 0 aliphatic carbocycles. The molecule has 9 heteroatoms. The van der Waals surface area contributed by atoms with Crippen LogP contribution >= 0.6 is 0 Å². The zero-order valence-electron chi connectivity index (χ0n) is 17.8. The largest absolute Gasteiger partial charge is 0.490 e. The lowest BCUT2D eigenvalue weighted by Crippen LogP contribution is -2.37. The van der Waals surface area contributed by atoms with Crippen molar-refractivity contribution < 1.29 is 27.7 Å². The van der Waals surface area contributed by atoms with Crippen molar-refractivity contribution in [1.29, 1.82) is 0 Å². The first-order chi connectivity index (χ1) is 14.6. The number of alkyl halides is 2. The van der Waals surface area contributed by atoms with Gasteiger partial charge in [-0.15, -0.1) is 0 Å². The van der Waals surface area contributed by atoms with Crippen LogP contribution in [0.5, 0.6) is 11.5 Å². The third-order valence-corrected chi connectivity index (χ3v) is 4.69. The van der Waals surface area contributed by atoms with Crippen LogP contribution in [0.3, 0.4) is 0 Å². The molecule has 2 N–H and O–H groups in total. The summed E-state index contributed by atoms with van der Waals surface area (Å²) in [6.45, 7) is 3.28. The molecular formula is C21H33F2N3O4. The van der Waals surface area contributed by atoms with Gasteiger partial charge in [0, 0.05) is 52.1 Å². The first kappa shape index (κ1) is 24.1. The van der Waals surface area contributed by atoms with E-state index in [1.165, 1.54) is 0 Å². The van der Waals surface area contributed by atoms with E-state index in [0.29, 0.717) is 42.9 Å². The third-order valence-electron chi connectivity index (χ3n) is 4.69. The van der Waals surface area contributed by atoms with Crippen molar-refractivity contribution in [1.82, 2.24) is 10.6 Å². The van der Waals surface area contributed by atoms with Crippen LogP contribution in [0.4, 0.5) is 8.78 Å². The number of halogens is 2. The molecule has 7 nitrogen and oxygen atoms in total. The maximum absolute atomic E-state index is 12.8. The van der Waals surface area contributed by atoms with E-state index in [2.05, 4.69) is 20.4 Å². The minimum absolute atomic E-state index is 0.0406. The molecule has 1 aromatic carbocycles. The highest BCUT2D eigenvalue weighted by Crippen LogP contribution is 2.32. The highest BCUT2D eigenvalue weighted by molar-refractivity contribution is 5.79. The minimum Gasteiger partial charge on any atom is -0.490 e. The molecule has 0 atom stereocenters. The Hall–Kier alpha value is -2.13. The van der Waals surface area contributed by atoms with Crippen LogP contribution < -0.4 is 20.1 Å². The number of hydrogen-bond acceptors (Lipinski definition) is 5. The van der Waals surface area contributed by atoms with Gasteiger partial charge in [-0.05, 0) is 38.2 Å². The van der Waals surface area contributed by atoms with E-state index in [0.717, 1.165) is 39.1 Å². The van der Waals surface area contributed by atoms with Crippen LogP contribution in [0.15, 0.2) is 23.2 Å². The van der Waals surface area contributed by atoms with Crippen LogP contribution in [-0.4, -0.2) is 59.2 Å². The van der Waals surface area contributed by atoms with Gasteiger partial charge in [-0.1, -0.05) is 12.1 Å². The van der Waals surface area contributed by atoms with Gasteiger partial charge < -0.3 is 29.6 Å². The number of rotatable bonds is 12. The Bertz CT molecular complexity index is 641. The van der Waals surface area contributed by atoms with Crippen LogP contribution in [0.1, 0.15) is 31.7 Å². The first-order valence-electron chi connectivity index (χ1n) is 10.4. The number of benzene rings is 1. The smallest absolute Gasteiger partial charge is 0.387 e. The number of guanidine groups is 1. The number of nitrogens with one attached hydrogen (secondary N) is 2. The van der Waals surface area contributed by atoms with Gasteiger partial charge in [0.15, 0.2) is 17.5 Å². The summed E-state index contributed by atoms with van der Waals surface area (Å²) in [4.78, 5) is 4.16. The van der Waals surface area contributed by atoms with Gasteiger partial charge in [0.05, 0.1) is 6.61 Å². The molecule has 2 rings (SSSR count). The van der Waals surface area contributed by atoms with Crippen LogP contribution in [0, 0.1) is 5.92 Å². The summed E-state index contributed by atoms with van der Waals surface area (Å²) in [6, 6.07) is 5.06. The lowest BCUT2D eigenvalue weighted by molar-refractivity contribution is -0.0520. The Labute approximate surface area is 177 Å². The molecule has 0 aromatic heterocycles. The molecule has 0 amide bonds. The number of hydrogen-bond donors (Lipinski definition) is 2. The highest BCUT2D eigenvalue weighted by Gasteiger charge is 2.16. The molecule has 0 bridgehead atoms. The van der Waals surface area contributed by atoms with Gasteiger partial charge in [0.1, 0.15) is 0 Å². The maximum Gasteiger partial charge on any atom is 0.387 e. The highest BCUT2D eigenvalue weighted by atomic mass is 19.3. The van der Waals surface area contributed by atoms with Crippen molar-refractivity contribution >= 4 is 5.96 Å². The van der Waals surface area contributed by atoms with Crippen molar-refractivity contribution in [3.05, 3.63) is 23.8 Å². The normalized spacial score (nSPS) is 15.3. The second kappa shape index (κ2) is 14.0. The SMILES string of the molecule is CCOc1cccc(CNC(=NC)NCCCOCC2CCOCC2)c1OC(F)F. The van der Waals surface area contributed by atoms with Gasteiger partial charge in [-0.2, -0.15) is 8.78 Å². The second-order valence-electron chi connectivity index (χ2n) is 6.89. The van der Waals surface area contributed by atoms with Crippen molar-refractivity contribution in [3.63, 3.8) is 0 Å². The molecule has 1 aliphatic heterocycles. The van der Waals surface area contributed by atoms with E-state index < -0.39 is 6.61 Å². The van der Waals surface area contributed by atoms with E-state index in [-0.39, 0.29) is 12.3 Å². The Morgan fingerprint density at radius 1 is 1.27 bits per heavy atom. The summed E-state index contributed by atoms with van der Waals surface area (Å²) in [7, 11) is 1.66. The molecule has 0 unspecified atom stereocenters. The van der Waals surface area contributed by atoms with Crippen LogP contribution in [0.25, 0.3) is 0 Å². The number of aliphatic imine (C=N–C) groups is 1. The van der Waals surface area contributed by atoms with E-state index >= 15 is 0 Å². The van der Waals surface area contributed by atoms with Crippen LogP contribution in [-0.2, 0) is 16.0 Å². The summed E-state index contributed by atoms with van der Waals surface area (Å²) in [5, 5.41) is 6.31. The van der Waals surface area contributed by atoms with Crippen molar-refractivity contribution in [3.8, 4) is 11.5 Å². The van der Waals surface area contributed by atoms with E-state index in [4.69, 9.17) is 14.2 Å².